The van der Waals surface area contributed by atoms with Gasteiger partial charge in [-0.25, -0.2) is 8.42 Å². The van der Waals surface area contributed by atoms with E-state index < -0.39 is 15.9 Å². The highest BCUT2D eigenvalue weighted by molar-refractivity contribution is 7.89. The Bertz CT molecular complexity index is 968. The maximum Gasteiger partial charge on any atom is 0.243 e. The van der Waals surface area contributed by atoms with Crippen molar-refractivity contribution < 1.29 is 13.2 Å². The Morgan fingerprint density at radius 1 is 1.20 bits per heavy atom. The van der Waals surface area contributed by atoms with E-state index in [0.717, 1.165) is 4.31 Å². The SMILES string of the molecule is C#Cc1cccc(NC(=O)CN(C)S(=O)(=O)c2ccc(C#N)cc2)c1. The monoisotopic (exact) mass is 353 g/mol. The number of nitrogens with zero attached hydrogens (tertiary/aromatic N) is 2. The molecule has 0 atom stereocenters. The van der Waals surface area contributed by atoms with Crippen molar-refractivity contribution in [1.29, 1.82) is 5.26 Å². The number of likely N-dealkylation sites (N-methyl/N-ethyl adjacent to an activating group) is 1. The van der Waals surface area contributed by atoms with Crippen LogP contribution < -0.4 is 5.32 Å². The summed E-state index contributed by atoms with van der Waals surface area (Å²) in [5.74, 6) is 1.96. The van der Waals surface area contributed by atoms with Crippen LogP contribution in [-0.4, -0.2) is 32.2 Å². The topological polar surface area (TPSA) is 90.3 Å². The first-order valence-electron chi connectivity index (χ1n) is 7.20. The number of anilines is 1. The molecular formula is C18H15N3O3S. The van der Waals surface area contributed by atoms with Gasteiger partial charge >= 0.3 is 0 Å². The first-order valence-corrected chi connectivity index (χ1v) is 8.64. The molecule has 0 spiro atoms. The van der Waals surface area contributed by atoms with Crippen LogP contribution in [0.2, 0.25) is 0 Å². The fraction of sp³-hybridized carbons (Fsp3) is 0.111. The molecule has 0 radical (unpaired) electrons. The molecule has 7 heteroatoms. The highest BCUT2D eigenvalue weighted by atomic mass is 32.2. The Kier molecular flexibility index (Phi) is 5.56. The molecule has 2 aromatic carbocycles. The fourth-order valence-corrected chi connectivity index (χ4v) is 3.18. The van der Waals surface area contributed by atoms with Crippen molar-refractivity contribution in [2.75, 3.05) is 18.9 Å². The Morgan fingerprint density at radius 3 is 2.48 bits per heavy atom. The summed E-state index contributed by atoms with van der Waals surface area (Å²) in [4.78, 5) is 12.1. The van der Waals surface area contributed by atoms with Crippen LogP contribution in [0.25, 0.3) is 0 Å². The molecule has 2 aromatic rings. The largest absolute Gasteiger partial charge is 0.325 e. The smallest absolute Gasteiger partial charge is 0.243 e. The summed E-state index contributed by atoms with van der Waals surface area (Å²) in [5, 5.41) is 11.4. The second kappa shape index (κ2) is 7.63. The molecule has 0 aliphatic rings. The maximum atomic E-state index is 12.5. The molecular weight excluding hydrogens is 338 g/mol. The van der Waals surface area contributed by atoms with E-state index in [1.165, 1.54) is 31.3 Å². The third-order valence-electron chi connectivity index (χ3n) is 3.37. The third-order valence-corrected chi connectivity index (χ3v) is 5.19. The van der Waals surface area contributed by atoms with Crippen molar-refractivity contribution in [2.24, 2.45) is 0 Å². The Labute approximate surface area is 146 Å². The van der Waals surface area contributed by atoms with E-state index in [2.05, 4.69) is 11.2 Å². The van der Waals surface area contributed by atoms with E-state index in [1.807, 2.05) is 6.07 Å². The molecule has 0 saturated heterocycles. The van der Waals surface area contributed by atoms with Crippen molar-refractivity contribution in [2.45, 2.75) is 4.90 Å². The number of nitriles is 1. The van der Waals surface area contributed by atoms with Gasteiger partial charge in [0.15, 0.2) is 0 Å². The zero-order valence-corrected chi connectivity index (χ0v) is 14.2. The molecule has 1 N–H and O–H groups in total. The van der Waals surface area contributed by atoms with Crippen molar-refractivity contribution in [3.8, 4) is 18.4 Å². The van der Waals surface area contributed by atoms with Gasteiger partial charge in [0, 0.05) is 18.3 Å². The van der Waals surface area contributed by atoms with Crippen molar-refractivity contribution in [3.63, 3.8) is 0 Å². The van der Waals surface area contributed by atoms with Crippen LogP contribution in [0.15, 0.2) is 53.4 Å². The zero-order valence-electron chi connectivity index (χ0n) is 13.4. The average molecular weight is 353 g/mol. The van der Waals surface area contributed by atoms with E-state index >= 15 is 0 Å². The second-order valence-corrected chi connectivity index (χ2v) is 7.22. The van der Waals surface area contributed by atoms with Crippen LogP contribution in [-0.2, 0) is 14.8 Å². The summed E-state index contributed by atoms with van der Waals surface area (Å²) in [6.07, 6.45) is 5.30. The van der Waals surface area contributed by atoms with Gasteiger partial charge in [-0.05, 0) is 42.5 Å². The molecule has 0 aromatic heterocycles. The van der Waals surface area contributed by atoms with Crippen LogP contribution in [0.5, 0.6) is 0 Å². The quantitative estimate of drug-likeness (QED) is 0.830. The highest BCUT2D eigenvalue weighted by Gasteiger charge is 2.23. The predicted molar refractivity (Wildman–Crippen MR) is 94.0 cm³/mol. The number of hydrogen-bond acceptors (Lipinski definition) is 4. The Balaban J connectivity index is 2.09. The summed E-state index contributed by atoms with van der Waals surface area (Å²) >= 11 is 0. The number of rotatable bonds is 5. The molecule has 0 aliphatic carbocycles. The first-order chi connectivity index (χ1) is 11.9. The van der Waals surface area contributed by atoms with Gasteiger partial charge in [-0.2, -0.15) is 9.57 Å². The number of carbonyl (C=O) groups is 1. The maximum absolute atomic E-state index is 12.5. The molecule has 6 nitrogen and oxygen atoms in total. The lowest BCUT2D eigenvalue weighted by Gasteiger charge is -2.17. The molecule has 0 bridgehead atoms. The lowest BCUT2D eigenvalue weighted by Crippen LogP contribution is -2.34. The van der Waals surface area contributed by atoms with Gasteiger partial charge < -0.3 is 5.32 Å². The zero-order chi connectivity index (χ0) is 18.4. The Hall–Kier alpha value is -3.13. The number of hydrogen-bond donors (Lipinski definition) is 1. The van der Waals surface area contributed by atoms with Gasteiger partial charge in [-0.1, -0.05) is 12.0 Å². The van der Waals surface area contributed by atoms with Crippen LogP contribution >= 0.6 is 0 Å². The van der Waals surface area contributed by atoms with Crippen LogP contribution in [0, 0.1) is 23.7 Å². The van der Waals surface area contributed by atoms with E-state index in [4.69, 9.17) is 11.7 Å². The normalized spacial score (nSPS) is 10.7. The summed E-state index contributed by atoms with van der Waals surface area (Å²) in [6, 6.07) is 14.1. The summed E-state index contributed by atoms with van der Waals surface area (Å²) in [6.45, 7) is -0.359. The average Bonchev–Trinajstić information content (AvgIpc) is 2.61. The molecule has 0 aliphatic heterocycles. The molecule has 0 heterocycles. The van der Waals surface area contributed by atoms with E-state index in [1.54, 1.807) is 24.3 Å². The number of nitrogens with one attached hydrogen (secondary N) is 1. The number of carbonyl (C=O) groups excluding carboxylic acids is 1. The van der Waals surface area contributed by atoms with Gasteiger partial charge in [0.1, 0.15) is 0 Å². The van der Waals surface area contributed by atoms with Crippen LogP contribution in [0.1, 0.15) is 11.1 Å². The minimum atomic E-state index is -3.83. The minimum absolute atomic E-state index is 0.0103. The number of amides is 1. The van der Waals surface area contributed by atoms with Crippen LogP contribution in [0.3, 0.4) is 0 Å². The second-order valence-electron chi connectivity index (χ2n) is 5.17. The van der Waals surface area contributed by atoms with Crippen molar-refractivity contribution in [1.82, 2.24) is 4.31 Å². The van der Waals surface area contributed by atoms with Gasteiger partial charge in [-0.15, -0.1) is 6.42 Å². The van der Waals surface area contributed by atoms with E-state index in [9.17, 15) is 13.2 Å². The molecule has 1 amide bonds. The minimum Gasteiger partial charge on any atom is -0.325 e. The van der Waals surface area contributed by atoms with Gasteiger partial charge in [0.25, 0.3) is 0 Å². The van der Waals surface area contributed by atoms with Gasteiger partial charge in [0.05, 0.1) is 23.1 Å². The summed E-state index contributed by atoms with van der Waals surface area (Å²) < 4.78 is 25.9. The lowest BCUT2D eigenvalue weighted by atomic mass is 10.2. The highest BCUT2D eigenvalue weighted by Crippen LogP contribution is 2.15. The molecule has 25 heavy (non-hydrogen) atoms. The first kappa shape index (κ1) is 18.2. The van der Waals surface area contributed by atoms with E-state index in [-0.39, 0.29) is 11.4 Å². The number of terminal acetylenes is 1. The van der Waals surface area contributed by atoms with Gasteiger partial charge in [-0.3, -0.25) is 4.79 Å². The fourth-order valence-electron chi connectivity index (χ4n) is 2.06. The lowest BCUT2D eigenvalue weighted by molar-refractivity contribution is -0.116. The molecule has 0 unspecified atom stereocenters. The predicted octanol–water partition coefficient (Wildman–Crippen LogP) is 1.80. The summed E-state index contributed by atoms with van der Waals surface area (Å²) in [7, 11) is -2.52. The standard InChI is InChI=1S/C18H15N3O3S/c1-3-14-5-4-6-16(11-14)20-18(22)13-21(2)25(23,24)17-9-7-15(12-19)8-10-17/h1,4-11H,13H2,2H3,(H,20,22). The third kappa shape index (κ3) is 4.45. The van der Waals surface area contributed by atoms with E-state index in [0.29, 0.717) is 16.8 Å². The van der Waals surface area contributed by atoms with Crippen molar-refractivity contribution in [3.05, 3.63) is 59.7 Å². The van der Waals surface area contributed by atoms with Gasteiger partial charge in [0.2, 0.25) is 15.9 Å². The number of benzene rings is 2. The molecule has 2 rings (SSSR count). The molecule has 126 valence electrons. The molecule has 0 fully saturated rings. The Morgan fingerprint density at radius 2 is 1.88 bits per heavy atom. The number of sulfonamides is 1. The molecule has 0 saturated carbocycles. The van der Waals surface area contributed by atoms with Crippen molar-refractivity contribution >= 4 is 21.6 Å². The van der Waals surface area contributed by atoms with Crippen LogP contribution in [0.4, 0.5) is 5.69 Å². The summed E-state index contributed by atoms with van der Waals surface area (Å²) in [5.41, 5.74) is 1.45.